The lowest BCUT2D eigenvalue weighted by molar-refractivity contribution is -0.0158. The number of methoxy groups -OCH3 is 1. The number of ether oxygens (including phenoxy) is 1. The van der Waals surface area contributed by atoms with Gasteiger partial charge in [0.05, 0.1) is 6.10 Å². The lowest BCUT2D eigenvalue weighted by Gasteiger charge is -2.32. The lowest BCUT2D eigenvalue weighted by atomic mass is 9.83. The summed E-state index contributed by atoms with van der Waals surface area (Å²) in [7, 11) is 1.79. The zero-order valence-corrected chi connectivity index (χ0v) is 8.06. The maximum absolute atomic E-state index is 5.38. The summed E-state index contributed by atoms with van der Waals surface area (Å²) in [5.74, 6) is 0.602. The van der Waals surface area contributed by atoms with Gasteiger partial charge in [0.15, 0.2) is 0 Å². The topological polar surface area (TPSA) is 9.23 Å². The van der Waals surface area contributed by atoms with Crippen LogP contribution < -0.4 is 0 Å². The van der Waals surface area contributed by atoms with Crippen molar-refractivity contribution >= 4 is 0 Å². The normalized spacial score (nSPS) is 15.9. The van der Waals surface area contributed by atoms with Gasteiger partial charge in [-0.2, -0.15) is 0 Å². The molecule has 0 spiro atoms. The molecule has 0 aliphatic carbocycles. The second-order valence-corrected chi connectivity index (χ2v) is 4.27. The fourth-order valence-corrected chi connectivity index (χ4v) is 1.63. The van der Waals surface area contributed by atoms with Gasteiger partial charge in [-0.25, -0.2) is 0 Å². The van der Waals surface area contributed by atoms with E-state index in [1.54, 1.807) is 7.11 Å². The Morgan fingerprint density at radius 2 is 1.50 bits per heavy atom. The molecule has 10 heavy (non-hydrogen) atoms. The summed E-state index contributed by atoms with van der Waals surface area (Å²) in [6, 6.07) is 0. The minimum atomic E-state index is 0.267. The van der Waals surface area contributed by atoms with Crippen LogP contribution in [0.5, 0.6) is 0 Å². The van der Waals surface area contributed by atoms with Crippen molar-refractivity contribution in [3.05, 3.63) is 0 Å². The van der Waals surface area contributed by atoms with Crippen LogP contribution in [-0.2, 0) is 4.74 Å². The fraction of sp³-hybridized carbons (Fsp3) is 1.00. The highest BCUT2D eigenvalue weighted by Gasteiger charge is 2.26. The summed E-state index contributed by atoms with van der Waals surface area (Å²) in [6.07, 6.45) is 0.368. The molecule has 0 heterocycles. The molecular formula is C9H20O. The Hall–Kier alpha value is -0.0400. The van der Waals surface area contributed by atoms with Gasteiger partial charge in [0, 0.05) is 7.11 Å². The molecule has 62 valence electrons. The first kappa shape index (κ1) is 9.96. The van der Waals surface area contributed by atoms with E-state index in [9.17, 15) is 0 Å². The highest BCUT2D eigenvalue weighted by molar-refractivity contribution is 4.76. The van der Waals surface area contributed by atoms with Crippen LogP contribution in [0.25, 0.3) is 0 Å². The van der Waals surface area contributed by atoms with Crippen molar-refractivity contribution in [2.45, 2.75) is 40.7 Å². The van der Waals surface area contributed by atoms with Gasteiger partial charge in [-0.15, -0.1) is 0 Å². The molecule has 0 aromatic heterocycles. The molecule has 0 aliphatic heterocycles. The third-order valence-electron chi connectivity index (χ3n) is 1.71. The molecular weight excluding hydrogens is 124 g/mol. The van der Waals surface area contributed by atoms with Crippen LogP contribution in [0.2, 0.25) is 0 Å². The minimum absolute atomic E-state index is 0.267. The third kappa shape index (κ3) is 2.70. The molecule has 0 aromatic carbocycles. The summed E-state index contributed by atoms with van der Waals surface area (Å²) < 4.78 is 5.38. The molecule has 1 nitrogen and oxygen atoms in total. The van der Waals surface area contributed by atoms with Crippen LogP contribution in [0.1, 0.15) is 34.6 Å². The van der Waals surface area contributed by atoms with Gasteiger partial charge < -0.3 is 4.74 Å². The van der Waals surface area contributed by atoms with Gasteiger partial charge in [0.25, 0.3) is 0 Å². The Morgan fingerprint density at radius 1 is 1.10 bits per heavy atom. The van der Waals surface area contributed by atoms with Crippen LogP contribution in [0.4, 0.5) is 0 Å². The SMILES string of the molecule is COC(C(C)C)C(C)(C)C. The van der Waals surface area contributed by atoms with E-state index in [4.69, 9.17) is 4.74 Å². The molecule has 0 rings (SSSR count). The molecule has 0 fully saturated rings. The van der Waals surface area contributed by atoms with Crippen molar-refractivity contribution in [2.75, 3.05) is 7.11 Å². The average Bonchev–Trinajstić information content (AvgIpc) is 1.60. The summed E-state index contributed by atoms with van der Waals surface area (Å²) in [5.41, 5.74) is 0.267. The molecule has 0 N–H and O–H groups in total. The van der Waals surface area contributed by atoms with Crippen molar-refractivity contribution < 1.29 is 4.74 Å². The second-order valence-electron chi connectivity index (χ2n) is 4.27. The summed E-state index contributed by atoms with van der Waals surface area (Å²) in [4.78, 5) is 0. The molecule has 1 atom stereocenters. The molecule has 0 bridgehead atoms. The summed E-state index contributed by atoms with van der Waals surface area (Å²) >= 11 is 0. The Balaban J connectivity index is 4.07. The second kappa shape index (κ2) is 3.38. The van der Waals surface area contributed by atoms with Crippen LogP contribution in [0.15, 0.2) is 0 Å². The monoisotopic (exact) mass is 144 g/mol. The zero-order chi connectivity index (χ0) is 8.36. The van der Waals surface area contributed by atoms with E-state index in [-0.39, 0.29) is 5.41 Å². The van der Waals surface area contributed by atoms with Gasteiger partial charge in [-0.1, -0.05) is 34.6 Å². The van der Waals surface area contributed by atoms with E-state index in [1.165, 1.54) is 0 Å². The maximum atomic E-state index is 5.38. The number of hydrogen-bond acceptors (Lipinski definition) is 1. The van der Waals surface area contributed by atoms with Crippen LogP contribution in [-0.4, -0.2) is 13.2 Å². The van der Waals surface area contributed by atoms with E-state index < -0.39 is 0 Å². The predicted molar refractivity (Wildman–Crippen MR) is 45.1 cm³/mol. The molecule has 0 aliphatic rings. The first-order valence-electron chi connectivity index (χ1n) is 3.92. The highest BCUT2D eigenvalue weighted by Crippen LogP contribution is 2.27. The number of rotatable bonds is 2. The van der Waals surface area contributed by atoms with Gasteiger partial charge in [-0.05, 0) is 11.3 Å². The lowest BCUT2D eigenvalue weighted by Crippen LogP contribution is -2.32. The van der Waals surface area contributed by atoms with Crippen LogP contribution in [0.3, 0.4) is 0 Å². The van der Waals surface area contributed by atoms with Gasteiger partial charge >= 0.3 is 0 Å². The van der Waals surface area contributed by atoms with Crippen LogP contribution in [0, 0.1) is 11.3 Å². The molecule has 0 radical (unpaired) electrons. The maximum Gasteiger partial charge on any atom is 0.0642 e. The van der Waals surface area contributed by atoms with E-state index in [0.29, 0.717) is 12.0 Å². The highest BCUT2D eigenvalue weighted by atomic mass is 16.5. The molecule has 1 unspecified atom stereocenters. The van der Waals surface area contributed by atoms with E-state index in [1.807, 2.05) is 0 Å². The van der Waals surface area contributed by atoms with Gasteiger partial charge in [-0.3, -0.25) is 0 Å². The van der Waals surface area contributed by atoms with Crippen molar-refractivity contribution in [3.63, 3.8) is 0 Å². The van der Waals surface area contributed by atoms with E-state index >= 15 is 0 Å². The molecule has 0 saturated carbocycles. The molecule has 0 saturated heterocycles. The Bertz CT molecular complexity index is 89.4. The Kier molecular flexibility index (Phi) is 3.37. The zero-order valence-electron chi connectivity index (χ0n) is 8.06. The van der Waals surface area contributed by atoms with E-state index in [0.717, 1.165) is 0 Å². The van der Waals surface area contributed by atoms with Crippen molar-refractivity contribution in [1.29, 1.82) is 0 Å². The largest absolute Gasteiger partial charge is 0.381 e. The van der Waals surface area contributed by atoms with Crippen molar-refractivity contribution in [1.82, 2.24) is 0 Å². The van der Waals surface area contributed by atoms with Crippen LogP contribution >= 0.6 is 0 Å². The Labute approximate surface area is 64.8 Å². The molecule has 1 heteroatoms. The van der Waals surface area contributed by atoms with Gasteiger partial charge in [0.2, 0.25) is 0 Å². The first-order valence-corrected chi connectivity index (χ1v) is 3.92. The summed E-state index contributed by atoms with van der Waals surface area (Å²) in [5, 5.41) is 0. The third-order valence-corrected chi connectivity index (χ3v) is 1.71. The van der Waals surface area contributed by atoms with Gasteiger partial charge in [0.1, 0.15) is 0 Å². The van der Waals surface area contributed by atoms with Crippen molar-refractivity contribution in [3.8, 4) is 0 Å². The quantitative estimate of drug-likeness (QED) is 0.579. The Morgan fingerprint density at radius 3 is 1.50 bits per heavy atom. The molecule has 0 amide bonds. The predicted octanol–water partition coefficient (Wildman–Crippen LogP) is 2.70. The smallest absolute Gasteiger partial charge is 0.0642 e. The standard InChI is InChI=1S/C9H20O/c1-7(2)8(10-6)9(3,4)5/h7-8H,1-6H3. The number of hydrogen-bond donors (Lipinski definition) is 0. The first-order chi connectivity index (χ1) is 4.39. The molecule has 0 aromatic rings. The van der Waals surface area contributed by atoms with Crippen molar-refractivity contribution in [2.24, 2.45) is 11.3 Å². The average molecular weight is 144 g/mol. The van der Waals surface area contributed by atoms with E-state index in [2.05, 4.69) is 34.6 Å². The summed E-state index contributed by atoms with van der Waals surface area (Å²) in [6.45, 7) is 11.0. The minimum Gasteiger partial charge on any atom is -0.381 e. The fourth-order valence-electron chi connectivity index (χ4n) is 1.63.